The Hall–Kier alpha value is -2.46. The third kappa shape index (κ3) is 5.60. The highest BCUT2D eigenvalue weighted by molar-refractivity contribution is 7.20. The van der Waals surface area contributed by atoms with E-state index < -0.39 is 0 Å². The Kier molecular flexibility index (Phi) is 7.88. The molecule has 2 aromatic heterocycles. The molecule has 0 aliphatic carbocycles. The van der Waals surface area contributed by atoms with Gasteiger partial charge in [0.15, 0.2) is 5.65 Å². The fraction of sp³-hybridized carbons (Fsp3) is 0.458. The van der Waals surface area contributed by atoms with Gasteiger partial charge < -0.3 is 20.5 Å². The molecule has 4 heterocycles. The van der Waals surface area contributed by atoms with Crippen LogP contribution in [0, 0.1) is 6.92 Å². The van der Waals surface area contributed by atoms with Crippen LogP contribution in [0.1, 0.15) is 31.2 Å². The minimum Gasteiger partial charge on any atom is -0.492 e. The van der Waals surface area contributed by atoms with Crippen molar-refractivity contribution in [3.05, 3.63) is 42.1 Å². The van der Waals surface area contributed by atoms with Crippen molar-refractivity contribution in [2.45, 2.75) is 50.7 Å². The smallest absolute Gasteiger partial charge is 0.281 e. The molecule has 34 heavy (non-hydrogen) atoms. The molecule has 2 fully saturated rings. The molecule has 10 heteroatoms. The number of halogens is 1. The van der Waals surface area contributed by atoms with Crippen molar-refractivity contribution in [3.8, 4) is 16.7 Å². The minimum absolute atomic E-state index is 0. The second-order valence-electron chi connectivity index (χ2n) is 8.82. The van der Waals surface area contributed by atoms with Gasteiger partial charge in [0.1, 0.15) is 18.1 Å². The maximum absolute atomic E-state index is 11.0. The van der Waals surface area contributed by atoms with E-state index in [9.17, 15) is 4.79 Å². The standard InChI is InChI=1S/C24H29N5O3S.ClH/c1-15-8-9-26-23-22(15)33-24(28-23)32-20-6-4-19(5-7-20)31-11-10-29-17-2-3-18(29)13-16(12-17)27-14-21(25)30;/h4-9,16-18,27H,2-3,10-14H2,1H3,(H2,25,30);1H/t16?,17-,18+;. The second kappa shape index (κ2) is 10.9. The van der Waals surface area contributed by atoms with Crippen molar-refractivity contribution in [3.63, 3.8) is 0 Å². The summed E-state index contributed by atoms with van der Waals surface area (Å²) in [5.74, 6) is 1.26. The molecular formula is C24H30ClN5O3S. The molecule has 0 spiro atoms. The normalized spacial score (nSPS) is 21.9. The van der Waals surface area contributed by atoms with Crippen molar-refractivity contribution in [1.82, 2.24) is 20.2 Å². The number of amides is 1. The number of pyridine rings is 1. The Morgan fingerprint density at radius 2 is 1.88 bits per heavy atom. The van der Waals surface area contributed by atoms with Gasteiger partial charge in [0.05, 0.1) is 11.2 Å². The summed E-state index contributed by atoms with van der Waals surface area (Å²) in [5, 5.41) is 3.89. The molecule has 5 rings (SSSR count). The summed E-state index contributed by atoms with van der Waals surface area (Å²) in [5.41, 5.74) is 7.14. The van der Waals surface area contributed by atoms with Crippen LogP contribution in [0.2, 0.25) is 0 Å². The van der Waals surface area contributed by atoms with Crippen molar-refractivity contribution in [2.75, 3.05) is 19.7 Å². The van der Waals surface area contributed by atoms with E-state index in [1.165, 1.54) is 24.2 Å². The summed E-state index contributed by atoms with van der Waals surface area (Å²) in [4.78, 5) is 22.4. The van der Waals surface area contributed by atoms with Crippen LogP contribution in [0.3, 0.4) is 0 Å². The Balaban J connectivity index is 0.00000274. The first-order valence-corrected chi connectivity index (χ1v) is 12.3. The lowest BCUT2D eigenvalue weighted by molar-refractivity contribution is -0.117. The minimum atomic E-state index is -0.290. The number of aromatic nitrogens is 2. The Labute approximate surface area is 209 Å². The van der Waals surface area contributed by atoms with Gasteiger partial charge in [-0.3, -0.25) is 9.69 Å². The van der Waals surface area contributed by atoms with Crippen LogP contribution in [0.25, 0.3) is 10.3 Å². The van der Waals surface area contributed by atoms with Gasteiger partial charge in [-0.15, -0.1) is 12.4 Å². The van der Waals surface area contributed by atoms with Gasteiger partial charge in [0.2, 0.25) is 5.91 Å². The Morgan fingerprint density at radius 1 is 1.18 bits per heavy atom. The highest BCUT2D eigenvalue weighted by atomic mass is 35.5. The summed E-state index contributed by atoms with van der Waals surface area (Å²) in [6, 6.07) is 11.1. The van der Waals surface area contributed by atoms with Gasteiger partial charge in [-0.25, -0.2) is 4.98 Å². The van der Waals surface area contributed by atoms with Gasteiger partial charge in [0, 0.05) is 30.9 Å². The molecule has 1 unspecified atom stereocenters. The number of hydrogen-bond acceptors (Lipinski definition) is 8. The molecule has 2 aliphatic rings. The molecule has 2 saturated heterocycles. The molecule has 182 valence electrons. The third-order valence-corrected chi connectivity index (χ3v) is 7.62. The van der Waals surface area contributed by atoms with Crippen molar-refractivity contribution < 1.29 is 14.3 Å². The van der Waals surface area contributed by atoms with Crippen molar-refractivity contribution in [2.24, 2.45) is 5.73 Å². The number of carbonyl (C=O) groups excluding carboxylic acids is 1. The summed E-state index contributed by atoms with van der Waals surface area (Å²) >= 11 is 1.50. The second-order valence-corrected chi connectivity index (χ2v) is 9.78. The van der Waals surface area contributed by atoms with E-state index in [1.807, 2.05) is 37.3 Å². The van der Waals surface area contributed by atoms with Crippen LogP contribution in [0.4, 0.5) is 0 Å². The quantitative estimate of drug-likeness (QED) is 0.459. The van der Waals surface area contributed by atoms with Crippen molar-refractivity contribution in [1.29, 1.82) is 0 Å². The summed E-state index contributed by atoms with van der Waals surface area (Å²) < 4.78 is 13.0. The number of hydrogen-bond donors (Lipinski definition) is 2. The molecule has 0 radical (unpaired) electrons. The van der Waals surface area contributed by atoms with E-state index in [2.05, 4.69) is 20.2 Å². The largest absolute Gasteiger partial charge is 0.492 e. The predicted molar refractivity (Wildman–Crippen MR) is 135 cm³/mol. The zero-order valence-corrected chi connectivity index (χ0v) is 20.7. The van der Waals surface area contributed by atoms with E-state index >= 15 is 0 Å². The summed E-state index contributed by atoms with van der Waals surface area (Å²) in [7, 11) is 0. The van der Waals surface area contributed by atoms with E-state index in [0.717, 1.165) is 46.8 Å². The van der Waals surface area contributed by atoms with Crippen LogP contribution in [-0.4, -0.2) is 58.6 Å². The highest BCUT2D eigenvalue weighted by Gasteiger charge is 2.40. The number of piperidine rings is 1. The van der Waals surface area contributed by atoms with E-state index in [0.29, 0.717) is 29.9 Å². The third-order valence-electron chi connectivity index (χ3n) is 6.57. The topological polar surface area (TPSA) is 103 Å². The van der Waals surface area contributed by atoms with Crippen LogP contribution in [-0.2, 0) is 4.79 Å². The number of carbonyl (C=O) groups is 1. The fourth-order valence-electron chi connectivity index (χ4n) is 5.00. The molecule has 3 atom stereocenters. The number of benzene rings is 1. The average molecular weight is 504 g/mol. The number of aryl methyl sites for hydroxylation is 1. The molecule has 1 aromatic carbocycles. The maximum Gasteiger partial charge on any atom is 0.281 e. The summed E-state index contributed by atoms with van der Waals surface area (Å²) in [6.45, 7) is 3.87. The van der Waals surface area contributed by atoms with Crippen LogP contribution < -0.4 is 20.5 Å². The lowest BCUT2D eigenvalue weighted by Crippen LogP contribution is -2.51. The van der Waals surface area contributed by atoms with E-state index in [1.54, 1.807) is 6.20 Å². The number of nitrogens with two attached hydrogens (primary N) is 1. The Bertz CT molecular complexity index is 1110. The molecule has 3 aromatic rings. The van der Waals surface area contributed by atoms with E-state index in [-0.39, 0.29) is 24.9 Å². The molecule has 8 nitrogen and oxygen atoms in total. The molecule has 1 amide bonds. The van der Waals surface area contributed by atoms with Gasteiger partial charge >= 0.3 is 0 Å². The monoisotopic (exact) mass is 503 g/mol. The number of ether oxygens (including phenoxy) is 2. The molecule has 2 aliphatic heterocycles. The maximum atomic E-state index is 11.0. The fourth-order valence-corrected chi connectivity index (χ4v) is 5.86. The van der Waals surface area contributed by atoms with Crippen molar-refractivity contribution >= 4 is 40.0 Å². The number of nitrogens with zero attached hydrogens (tertiary/aromatic N) is 3. The number of nitrogens with one attached hydrogen (secondary N) is 1. The summed E-state index contributed by atoms with van der Waals surface area (Å²) in [6.07, 6.45) is 6.33. The first-order valence-electron chi connectivity index (χ1n) is 11.5. The lowest BCUT2D eigenvalue weighted by atomic mass is 9.97. The van der Waals surface area contributed by atoms with Gasteiger partial charge in [-0.2, -0.15) is 4.98 Å². The predicted octanol–water partition coefficient (Wildman–Crippen LogP) is 3.66. The lowest BCUT2D eigenvalue weighted by Gasteiger charge is -2.39. The zero-order chi connectivity index (χ0) is 22.8. The SMILES string of the molecule is Cc1ccnc2nc(Oc3ccc(OCCN4[C@@H]5CC[C@H]4CC(NCC(N)=O)C5)cc3)sc12.Cl. The first-order chi connectivity index (χ1) is 16.0. The van der Waals surface area contributed by atoms with Crippen LogP contribution >= 0.6 is 23.7 Å². The van der Waals surface area contributed by atoms with Gasteiger partial charge in [-0.05, 0) is 68.5 Å². The molecule has 2 bridgehead atoms. The van der Waals surface area contributed by atoms with Gasteiger partial charge in [0.25, 0.3) is 5.19 Å². The Morgan fingerprint density at radius 3 is 2.56 bits per heavy atom. The average Bonchev–Trinajstić information content (AvgIpc) is 3.31. The molecule has 3 N–H and O–H groups in total. The highest BCUT2D eigenvalue weighted by Crippen LogP contribution is 2.36. The van der Waals surface area contributed by atoms with Crippen LogP contribution in [0.5, 0.6) is 16.7 Å². The molecule has 0 saturated carbocycles. The number of fused-ring (bicyclic) bond motifs is 3. The zero-order valence-electron chi connectivity index (χ0n) is 19.1. The molecular weight excluding hydrogens is 474 g/mol. The first kappa shape index (κ1) is 24.7. The van der Waals surface area contributed by atoms with E-state index in [4.69, 9.17) is 15.2 Å². The number of primary amides is 1. The number of thiazole rings is 1. The number of rotatable bonds is 9. The van der Waals surface area contributed by atoms with Crippen LogP contribution in [0.15, 0.2) is 36.5 Å². The van der Waals surface area contributed by atoms with Gasteiger partial charge in [-0.1, -0.05) is 11.3 Å².